The van der Waals surface area contributed by atoms with E-state index >= 15 is 0 Å². The molecule has 0 fully saturated rings. The lowest BCUT2D eigenvalue weighted by atomic mass is 9.98. The first-order valence-electron chi connectivity index (χ1n) is 6.17. The Hall–Kier alpha value is -1.38. The molecule has 0 radical (unpaired) electrons. The average molecular weight is 279 g/mol. The summed E-state index contributed by atoms with van der Waals surface area (Å²) in [5.74, 6) is -0.452. The van der Waals surface area contributed by atoms with Crippen LogP contribution in [0.3, 0.4) is 0 Å². The van der Waals surface area contributed by atoms with Gasteiger partial charge in [-0.05, 0) is 42.2 Å². The van der Waals surface area contributed by atoms with Crippen molar-refractivity contribution in [2.75, 3.05) is 0 Å². The standard InChI is InChI=1S/C16H16ClFO/c1-10-6-7-12(8-11(10)2)15(19)9-13-4-3-5-14(17)16(13)18/h3-8,15,19H,9H2,1-2H3. The van der Waals surface area contributed by atoms with Gasteiger partial charge in [0, 0.05) is 6.42 Å². The minimum absolute atomic E-state index is 0.0878. The highest BCUT2D eigenvalue weighted by Gasteiger charge is 2.13. The van der Waals surface area contributed by atoms with Crippen molar-refractivity contribution in [2.45, 2.75) is 26.4 Å². The van der Waals surface area contributed by atoms with Crippen molar-refractivity contribution in [3.05, 3.63) is 69.5 Å². The van der Waals surface area contributed by atoms with E-state index in [4.69, 9.17) is 11.6 Å². The fourth-order valence-electron chi connectivity index (χ4n) is 2.00. The Kier molecular flexibility index (Phi) is 4.23. The maximum absolute atomic E-state index is 13.8. The number of aliphatic hydroxyl groups excluding tert-OH is 1. The van der Waals surface area contributed by atoms with Gasteiger partial charge in [0.05, 0.1) is 11.1 Å². The fraction of sp³-hybridized carbons (Fsp3) is 0.250. The van der Waals surface area contributed by atoms with Gasteiger partial charge in [-0.2, -0.15) is 0 Å². The second-order valence-corrected chi connectivity index (χ2v) is 5.18. The predicted octanol–water partition coefficient (Wildman–Crippen LogP) is 4.37. The Bertz CT molecular complexity index is 595. The van der Waals surface area contributed by atoms with Crippen molar-refractivity contribution in [2.24, 2.45) is 0 Å². The Labute approximate surface area is 117 Å². The molecule has 0 aliphatic carbocycles. The second-order valence-electron chi connectivity index (χ2n) is 4.78. The predicted molar refractivity (Wildman–Crippen MR) is 76.0 cm³/mol. The van der Waals surface area contributed by atoms with E-state index in [1.807, 2.05) is 32.0 Å². The number of rotatable bonds is 3. The van der Waals surface area contributed by atoms with Crippen molar-refractivity contribution in [3.8, 4) is 0 Å². The maximum atomic E-state index is 13.8. The summed E-state index contributed by atoms with van der Waals surface area (Å²) < 4.78 is 13.8. The molecule has 2 aromatic carbocycles. The molecule has 0 spiro atoms. The minimum Gasteiger partial charge on any atom is -0.388 e. The molecule has 0 aromatic heterocycles. The molecule has 1 nitrogen and oxygen atoms in total. The zero-order valence-electron chi connectivity index (χ0n) is 11.0. The molecule has 0 heterocycles. The van der Waals surface area contributed by atoms with Crippen molar-refractivity contribution >= 4 is 11.6 Å². The quantitative estimate of drug-likeness (QED) is 0.884. The van der Waals surface area contributed by atoms with E-state index in [0.29, 0.717) is 5.56 Å². The highest BCUT2D eigenvalue weighted by Crippen LogP contribution is 2.25. The first-order chi connectivity index (χ1) is 8.99. The molecule has 0 aliphatic rings. The third-order valence-corrected chi connectivity index (χ3v) is 3.65. The van der Waals surface area contributed by atoms with Crippen LogP contribution >= 0.6 is 11.6 Å². The van der Waals surface area contributed by atoms with Gasteiger partial charge in [0.1, 0.15) is 5.82 Å². The van der Waals surface area contributed by atoms with Gasteiger partial charge >= 0.3 is 0 Å². The van der Waals surface area contributed by atoms with Crippen LogP contribution in [0, 0.1) is 19.7 Å². The zero-order valence-corrected chi connectivity index (χ0v) is 11.7. The molecule has 0 saturated carbocycles. The van der Waals surface area contributed by atoms with Crippen LogP contribution in [0.15, 0.2) is 36.4 Å². The summed E-state index contributed by atoms with van der Waals surface area (Å²) in [6.45, 7) is 4.01. The van der Waals surface area contributed by atoms with Crippen molar-refractivity contribution in [1.29, 1.82) is 0 Å². The third-order valence-electron chi connectivity index (χ3n) is 3.36. The van der Waals surface area contributed by atoms with Crippen LogP contribution in [-0.2, 0) is 6.42 Å². The van der Waals surface area contributed by atoms with E-state index < -0.39 is 11.9 Å². The van der Waals surface area contributed by atoms with Crippen LogP contribution in [0.2, 0.25) is 5.02 Å². The molecular weight excluding hydrogens is 263 g/mol. The van der Waals surface area contributed by atoms with Crippen molar-refractivity contribution < 1.29 is 9.50 Å². The zero-order chi connectivity index (χ0) is 14.0. The van der Waals surface area contributed by atoms with Gasteiger partial charge in [0.2, 0.25) is 0 Å². The Morgan fingerprint density at radius 1 is 1.16 bits per heavy atom. The summed E-state index contributed by atoms with van der Waals surface area (Å²) in [6, 6.07) is 10.6. The molecule has 0 amide bonds. The molecule has 1 atom stereocenters. The highest BCUT2D eigenvalue weighted by atomic mass is 35.5. The van der Waals surface area contributed by atoms with Crippen LogP contribution in [-0.4, -0.2) is 5.11 Å². The van der Waals surface area contributed by atoms with Crippen LogP contribution in [0.5, 0.6) is 0 Å². The summed E-state index contributed by atoms with van der Waals surface area (Å²) in [5.41, 5.74) is 3.51. The Balaban J connectivity index is 2.23. The van der Waals surface area contributed by atoms with E-state index in [2.05, 4.69) is 0 Å². The summed E-state index contributed by atoms with van der Waals surface area (Å²) in [5, 5.41) is 10.3. The van der Waals surface area contributed by atoms with Gasteiger partial charge in [-0.25, -0.2) is 4.39 Å². The normalized spacial score (nSPS) is 12.5. The first kappa shape index (κ1) is 14.0. The number of hydrogen-bond donors (Lipinski definition) is 1. The van der Waals surface area contributed by atoms with Crippen LogP contribution in [0.4, 0.5) is 4.39 Å². The third kappa shape index (κ3) is 3.14. The largest absolute Gasteiger partial charge is 0.388 e. The minimum atomic E-state index is -0.729. The van der Waals surface area contributed by atoms with Crippen molar-refractivity contribution in [1.82, 2.24) is 0 Å². The average Bonchev–Trinajstić information content (AvgIpc) is 2.38. The molecule has 2 aromatic rings. The number of aryl methyl sites for hydroxylation is 2. The van der Waals surface area contributed by atoms with Gasteiger partial charge in [-0.1, -0.05) is 41.9 Å². The number of aliphatic hydroxyl groups is 1. The lowest BCUT2D eigenvalue weighted by Crippen LogP contribution is -2.04. The van der Waals surface area contributed by atoms with Crippen LogP contribution < -0.4 is 0 Å². The second kappa shape index (κ2) is 5.72. The Morgan fingerprint density at radius 2 is 1.89 bits per heavy atom. The van der Waals surface area contributed by atoms with Gasteiger partial charge in [0.15, 0.2) is 0 Å². The fourth-order valence-corrected chi connectivity index (χ4v) is 2.20. The number of benzene rings is 2. The van der Waals surface area contributed by atoms with Crippen molar-refractivity contribution in [3.63, 3.8) is 0 Å². The van der Waals surface area contributed by atoms with E-state index in [-0.39, 0.29) is 11.4 Å². The molecule has 0 saturated heterocycles. The summed E-state index contributed by atoms with van der Waals surface area (Å²) in [6.07, 6.45) is -0.512. The van der Waals surface area contributed by atoms with E-state index in [0.717, 1.165) is 11.1 Å². The molecule has 2 rings (SSSR count). The Morgan fingerprint density at radius 3 is 2.58 bits per heavy atom. The monoisotopic (exact) mass is 278 g/mol. The molecule has 1 N–H and O–H groups in total. The summed E-state index contributed by atoms with van der Waals surface area (Å²) >= 11 is 5.73. The highest BCUT2D eigenvalue weighted by molar-refractivity contribution is 6.30. The van der Waals surface area contributed by atoms with E-state index in [9.17, 15) is 9.50 Å². The smallest absolute Gasteiger partial charge is 0.145 e. The summed E-state index contributed by atoms with van der Waals surface area (Å²) in [7, 11) is 0. The van der Waals surface area contributed by atoms with E-state index in [1.54, 1.807) is 12.1 Å². The van der Waals surface area contributed by atoms with Gasteiger partial charge < -0.3 is 5.11 Å². The maximum Gasteiger partial charge on any atom is 0.145 e. The molecule has 1 unspecified atom stereocenters. The van der Waals surface area contributed by atoms with E-state index in [1.165, 1.54) is 11.6 Å². The SMILES string of the molecule is Cc1ccc(C(O)Cc2cccc(Cl)c2F)cc1C. The van der Waals surface area contributed by atoms with Crippen LogP contribution in [0.25, 0.3) is 0 Å². The molecule has 19 heavy (non-hydrogen) atoms. The molecule has 3 heteroatoms. The number of halogens is 2. The molecule has 100 valence electrons. The van der Waals surface area contributed by atoms with Gasteiger partial charge in [-0.15, -0.1) is 0 Å². The topological polar surface area (TPSA) is 20.2 Å². The van der Waals surface area contributed by atoms with Crippen LogP contribution in [0.1, 0.15) is 28.4 Å². The summed E-state index contributed by atoms with van der Waals surface area (Å²) in [4.78, 5) is 0. The number of hydrogen-bond acceptors (Lipinski definition) is 1. The lowest BCUT2D eigenvalue weighted by Gasteiger charge is -2.13. The first-order valence-corrected chi connectivity index (χ1v) is 6.55. The molecule has 0 bridgehead atoms. The van der Waals surface area contributed by atoms with Gasteiger partial charge in [-0.3, -0.25) is 0 Å². The van der Waals surface area contributed by atoms with Gasteiger partial charge in [0.25, 0.3) is 0 Å². The lowest BCUT2D eigenvalue weighted by molar-refractivity contribution is 0.177. The molecular formula is C16H16ClFO. The molecule has 0 aliphatic heterocycles.